The Hall–Kier alpha value is -1.37. The molecule has 12 nitrogen and oxygen atoms in total. The van der Waals surface area contributed by atoms with Crippen LogP contribution in [0.15, 0.2) is 11.3 Å². The number of imidazole rings is 1. The molecule has 2 aliphatic heterocycles. The minimum absolute atomic E-state index is 0.369. The van der Waals surface area contributed by atoms with Gasteiger partial charge >= 0.3 is 7.82 Å². The average Bonchev–Trinajstić information content (AvgIpc) is 3.04. The highest BCUT2D eigenvalue weighted by atomic mass is 31.2. The van der Waals surface area contributed by atoms with Crippen molar-refractivity contribution in [2.45, 2.75) is 30.7 Å². The summed E-state index contributed by atoms with van der Waals surface area (Å²) in [5.74, 6) is 0.369. The molecule has 1 saturated heterocycles. The van der Waals surface area contributed by atoms with E-state index in [0.29, 0.717) is 11.5 Å². The van der Waals surface area contributed by atoms with E-state index in [1.807, 2.05) is 0 Å². The average molecular weight is 363 g/mol. The molecule has 1 fully saturated rings. The number of hydrogen-bond acceptors (Lipinski definition) is 9. The summed E-state index contributed by atoms with van der Waals surface area (Å²) in [6, 6.07) is 0. The molecule has 24 heavy (non-hydrogen) atoms. The standard InChI is InChI=1S/C11H18N5O7P/c1-15-3-14-10-6(9(15)12)13-4-16(10)11-8(18)7(17)5(23-11)2-22-24(19,20)21/h3-5,7-9,11,17-18H,2,12H2,1H3,(H2,19,20,21). The van der Waals surface area contributed by atoms with Crippen LogP contribution in [-0.4, -0.2) is 72.8 Å². The molecule has 5 unspecified atom stereocenters. The van der Waals surface area contributed by atoms with Crippen LogP contribution in [0.4, 0.5) is 5.82 Å². The van der Waals surface area contributed by atoms with Gasteiger partial charge in [-0.2, -0.15) is 0 Å². The molecule has 13 heteroatoms. The maximum Gasteiger partial charge on any atom is 0.469 e. The number of aliphatic imine (C=N–C) groups is 1. The van der Waals surface area contributed by atoms with Gasteiger partial charge in [0, 0.05) is 7.05 Å². The van der Waals surface area contributed by atoms with E-state index in [9.17, 15) is 14.8 Å². The van der Waals surface area contributed by atoms with Crippen LogP contribution in [0.1, 0.15) is 18.1 Å². The van der Waals surface area contributed by atoms with Gasteiger partial charge in [-0.15, -0.1) is 0 Å². The molecule has 134 valence electrons. The first kappa shape index (κ1) is 17.5. The van der Waals surface area contributed by atoms with Crippen molar-refractivity contribution in [3.8, 4) is 0 Å². The summed E-state index contributed by atoms with van der Waals surface area (Å²) in [4.78, 5) is 27.5. The zero-order chi connectivity index (χ0) is 17.6. The van der Waals surface area contributed by atoms with Gasteiger partial charge in [0.15, 0.2) is 12.0 Å². The molecule has 1 aromatic rings. The molecule has 3 rings (SSSR count). The van der Waals surface area contributed by atoms with Gasteiger partial charge in [0.05, 0.1) is 19.3 Å². The fourth-order valence-corrected chi connectivity index (χ4v) is 2.92. The third kappa shape index (κ3) is 3.10. The number of phosphoric ester groups is 1. The maximum atomic E-state index is 10.8. The van der Waals surface area contributed by atoms with Crippen LogP contribution in [0, 0.1) is 0 Å². The van der Waals surface area contributed by atoms with E-state index in [0.717, 1.165) is 0 Å². The van der Waals surface area contributed by atoms with Crippen molar-refractivity contribution in [1.82, 2.24) is 14.5 Å². The molecule has 0 saturated carbocycles. The van der Waals surface area contributed by atoms with Crippen LogP contribution < -0.4 is 5.73 Å². The van der Waals surface area contributed by atoms with E-state index in [1.54, 1.807) is 11.9 Å². The van der Waals surface area contributed by atoms with Gasteiger partial charge in [0.2, 0.25) is 0 Å². The molecule has 0 spiro atoms. The Bertz CT molecular complexity index is 690. The monoisotopic (exact) mass is 363 g/mol. The van der Waals surface area contributed by atoms with Crippen molar-refractivity contribution in [2.75, 3.05) is 13.7 Å². The zero-order valence-corrected chi connectivity index (χ0v) is 13.5. The fraction of sp³-hybridized carbons (Fsp3) is 0.636. The number of hydrogen-bond donors (Lipinski definition) is 5. The second kappa shape index (κ2) is 6.17. The minimum Gasteiger partial charge on any atom is -0.387 e. The minimum atomic E-state index is -4.72. The predicted molar refractivity (Wildman–Crippen MR) is 79.0 cm³/mol. The molecule has 0 bridgehead atoms. The molecule has 0 aliphatic carbocycles. The second-order valence-corrected chi connectivity index (χ2v) is 6.79. The molecular formula is C11H18N5O7P. The number of nitrogens with two attached hydrogens (primary N) is 1. The summed E-state index contributed by atoms with van der Waals surface area (Å²) >= 11 is 0. The maximum absolute atomic E-state index is 10.8. The second-order valence-electron chi connectivity index (χ2n) is 5.55. The van der Waals surface area contributed by atoms with Gasteiger partial charge in [-0.3, -0.25) is 9.09 Å². The molecule has 6 N–H and O–H groups in total. The summed E-state index contributed by atoms with van der Waals surface area (Å²) < 4.78 is 22.0. The summed E-state index contributed by atoms with van der Waals surface area (Å²) in [6.45, 7) is -0.582. The van der Waals surface area contributed by atoms with E-state index in [-0.39, 0.29) is 0 Å². The summed E-state index contributed by atoms with van der Waals surface area (Å²) in [5, 5.41) is 20.2. The topological polar surface area (TPSA) is 176 Å². The summed E-state index contributed by atoms with van der Waals surface area (Å²) in [6.07, 6.45) is -2.58. The SMILES string of the molecule is CN1C=Nc2c(ncn2C2OC(COP(=O)(O)O)C(O)C2O)C1N. The molecule has 0 aromatic carbocycles. The largest absolute Gasteiger partial charge is 0.469 e. The molecule has 2 aliphatic rings. The van der Waals surface area contributed by atoms with Gasteiger partial charge in [-0.05, 0) is 0 Å². The number of aliphatic hydroxyl groups is 2. The number of phosphoric acid groups is 1. The number of fused-ring (bicyclic) bond motifs is 1. The van der Waals surface area contributed by atoms with Crippen LogP contribution in [0.5, 0.6) is 0 Å². The van der Waals surface area contributed by atoms with E-state index < -0.39 is 45.1 Å². The predicted octanol–water partition coefficient (Wildman–Crippen LogP) is -1.83. The number of aromatic nitrogens is 2. The third-order valence-corrected chi connectivity index (χ3v) is 4.38. The van der Waals surface area contributed by atoms with Gasteiger partial charge in [-0.25, -0.2) is 14.5 Å². The lowest BCUT2D eigenvalue weighted by atomic mass is 10.1. The lowest BCUT2D eigenvalue weighted by Gasteiger charge is -2.26. The van der Waals surface area contributed by atoms with Crippen molar-refractivity contribution in [3.05, 3.63) is 12.0 Å². The smallest absolute Gasteiger partial charge is 0.387 e. The van der Waals surface area contributed by atoms with Gasteiger partial charge < -0.3 is 35.4 Å². The van der Waals surface area contributed by atoms with Crippen molar-refractivity contribution in [2.24, 2.45) is 10.7 Å². The zero-order valence-electron chi connectivity index (χ0n) is 12.6. The van der Waals surface area contributed by atoms with E-state index in [4.69, 9.17) is 20.3 Å². The number of rotatable bonds is 4. The Morgan fingerprint density at radius 2 is 2.12 bits per heavy atom. The quantitative estimate of drug-likeness (QED) is 0.383. The summed E-state index contributed by atoms with van der Waals surface area (Å²) in [5.41, 5.74) is 6.46. The first-order valence-electron chi connectivity index (χ1n) is 6.99. The first-order valence-corrected chi connectivity index (χ1v) is 8.52. The Labute approximate surface area is 136 Å². The van der Waals surface area contributed by atoms with Crippen LogP contribution in [0.3, 0.4) is 0 Å². The van der Waals surface area contributed by atoms with E-state index in [1.165, 1.54) is 17.2 Å². The van der Waals surface area contributed by atoms with Gasteiger partial charge in [-0.1, -0.05) is 0 Å². The molecular weight excluding hydrogens is 345 g/mol. The summed E-state index contributed by atoms with van der Waals surface area (Å²) in [7, 11) is -2.98. The van der Waals surface area contributed by atoms with Crippen molar-refractivity contribution < 1.29 is 33.8 Å². The lowest BCUT2D eigenvalue weighted by Crippen LogP contribution is -2.34. The molecule has 5 atom stereocenters. The fourth-order valence-electron chi connectivity index (χ4n) is 2.57. The Morgan fingerprint density at radius 3 is 2.79 bits per heavy atom. The number of nitrogens with zero attached hydrogens (tertiary/aromatic N) is 4. The van der Waals surface area contributed by atoms with Gasteiger partial charge in [0.1, 0.15) is 30.2 Å². The number of ether oxygens (including phenoxy) is 1. The van der Waals surface area contributed by atoms with Crippen molar-refractivity contribution in [3.63, 3.8) is 0 Å². The highest BCUT2D eigenvalue weighted by Crippen LogP contribution is 2.40. The highest BCUT2D eigenvalue weighted by molar-refractivity contribution is 7.46. The Morgan fingerprint density at radius 1 is 1.42 bits per heavy atom. The number of aliphatic hydroxyl groups excluding tert-OH is 2. The first-order chi connectivity index (χ1) is 11.2. The van der Waals surface area contributed by atoms with E-state index in [2.05, 4.69) is 14.5 Å². The Balaban J connectivity index is 1.81. The van der Waals surface area contributed by atoms with Crippen molar-refractivity contribution >= 4 is 20.0 Å². The molecule has 0 radical (unpaired) electrons. The lowest BCUT2D eigenvalue weighted by molar-refractivity contribution is -0.0513. The van der Waals surface area contributed by atoms with Gasteiger partial charge in [0.25, 0.3) is 0 Å². The van der Waals surface area contributed by atoms with Crippen LogP contribution in [-0.2, 0) is 13.8 Å². The highest BCUT2D eigenvalue weighted by Gasteiger charge is 2.45. The van der Waals surface area contributed by atoms with Crippen LogP contribution >= 0.6 is 7.82 Å². The molecule has 3 heterocycles. The normalized spacial score (nSPS) is 33.1. The molecule has 0 amide bonds. The van der Waals surface area contributed by atoms with E-state index >= 15 is 0 Å². The Kier molecular flexibility index (Phi) is 4.49. The van der Waals surface area contributed by atoms with Crippen LogP contribution in [0.25, 0.3) is 0 Å². The van der Waals surface area contributed by atoms with Crippen molar-refractivity contribution in [1.29, 1.82) is 0 Å². The third-order valence-electron chi connectivity index (χ3n) is 3.89. The van der Waals surface area contributed by atoms with Crippen LogP contribution in [0.2, 0.25) is 0 Å². The molecule has 1 aromatic heterocycles.